The third-order valence-electron chi connectivity index (χ3n) is 4.79. The number of rotatable bonds is 6. The SMILES string of the molecule is CC(C)OC(=O)N(C)c1ccc(-c2ncc(Br)s2)cc1.CC(C)OC(=O)Nc1ccc(-c2ncc(Br)s2)cc1.CI. The van der Waals surface area contributed by atoms with Gasteiger partial charge in [0, 0.05) is 29.5 Å². The van der Waals surface area contributed by atoms with Gasteiger partial charge < -0.3 is 9.47 Å². The molecule has 2 aromatic heterocycles. The smallest absolute Gasteiger partial charge is 0.414 e. The van der Waals surface area contributed by atoms with Gasteiger partial charge >= 0.3 is 12.2 Å². The van der Waals surface area contributed by atoms with Gasteiger partial charge in [-0.1, -0.05) is 22.6 Å². The molecular weight excluding hydrogens is 807 g/mol. The van der Waals surface area contributed by atoms with E-state index in [4.69, 9.17) is 9.47 Å². The zero-order chi connectivity index (χ0) is 30.5. The van der Waals surface area contributed by atoms with Gasteiger partial charge in [0.05, 0.1) is 32.2 Å². The van der Waals surface area contributed by atoms with E-state index < -0.39 is 6.09 Å². The van der Waals surface area contributed by atoms with Crippen LogP contribution in [0.1, 0.15) is 27.7 Å². The van der Waals surface area contributed by atoms with Gasteiger partial charge in [-0.15, -0.1) is 22.7 Å². The molecule has 0 radical (unpaired) electrons. The normalized spacial score (nSPS) is 10.2. The molecule has 0 atom stereocenters. The van der Waals surface area contributed by atoms with Crippen molar-refractivity contribution in [2.24, 2.45) is 0 Å². The van der Waals surface area contributed by atoms with Gasteiger partial charge in [-0.3, -0.25) is 10.2 Å². The average Bonchev–Trinajstić information content (AvgIpc) is 3.57. The summed E-state index contributed by atoms with van der Waals surface area (Å²) in [6.07, 6.45) is 2.49. The molecule has 0 spiro atoms. The number of alkyl halides is 1. The Balaban J connectivity index is 0.000000271. The number of nitrogens with zero attached hydrogens (tertiary/aromatic N) is 3. The van der Waals surface area contributed by atoms with E-state index in [1.807, 2.05) is 81.2 Å². The predicted molar refractivity (Wildman–Crippen MR) is 186 cm³/mol. The van der Waals surface area contributed by atoms with Crippen molar-refractivity contribution in [3.63, 3.8) is 0 Å². The van der Waals surface area contributed by atoms with Crippen LogP contribution >= 0.6 is 77.1 Å². The maximum Gasteiger partial charge on any atom is 0.414 e. The Morgan fingerprint density at radius 1 is 0.805 bits per heavy atom. The lowest BCUT2D eigenvalue weighted by Crippen LogP contribution is -2.29. The lowest BCUT2D eigenvalue weighted by molar-refractivity contribution is 0.123. The zero-order valence-corrected chi connectivity index (χ0v) is 30.3. The summed E-state index contributed by atoms with van der Waals surface area (Å²) in [5, 5.41) is 4.54. The van der Waals surface area contributed by atoms with Gasteiger partial charge in [0.25, 0.3) is 0 Å². The van der Waals surface area contributed by atoms with E-state index in [9.17, 15) is 9.59 Å². The number of halogens is 3. The molecule has 0 saturated heterocycles. The molecule has 0 saturated carbocycles. The molecule has 4 rings (SSSR count). The fraction of sp³-hybridized carbons (Fsp3) is 0.286. The van der Waals surface area contributed by atoms with E-state index in [0.29, 0.717) is 5.69 Å². The number of nitrogens with one attached hydrogen (secondary N) is 1. The predicted octanol–water partition coefficient (Wildman–Crippen LogP) is 10.1. The zero-order valence-electron chi connectivity index (χ0n) is 23.4. The van der Waals surface area contributed by atoms with Gasteiger partial charge in [0.15, 0.2) is 0 Å². The Morgan fingerprint density at radius 3 is 1.63 bits per heavy atom. The standard InChI is InChI=1S/C14H15BrN2O2S.C13H13BrN2O2S.CH3I/c1-9(2)19-14(18)17(3)11-6-4-10(5-7-11)13-16-8-12(15)20-13;1-8(2)18-13(17)16-10-5-3-9(4-6-10)12-15-7-11(14)19-12;1-2/h4-9H,1-3H3;3-8H,1-2H3,(H,16,17);1H3. The van der Waals surface area contributed by atoms with Crippen molar-refractivity contribution in [2.45, 2.75) is 39.9 Å². The summed E-state index contributed by atoms with van der Waals surface area (Å²) >= 11 is 12.1. The monoisotopic (exact) mass is 836 g/mol. The molecule has 2 aromatic carbocycles. The van der Waals surface area contributed by atoms with Crippen LogP contribution < -0.4 is 10.2 Å². The van der Waals surface area contributed by atoms with Crippen molar-refractivity contribution in [2.75, 3.05) is 22.2 Å². The molecule has 4 aromatic rings. The molecule has 0 aliphatic rings. The highest BCUT2D eigenvalue weighted by Gasteiger charge is 2.14. The summed E-state index contributed by atoms with van der Waals surface area (Å²) in [6, 6.07) is 15.1. The fourth-order valence-corrected chi connectivity index (χ4v) is 5.47. The van der Waals surface area contributed by atoms with Crippen molar-refractivity contribution < 1.29 is 19.1 Å². The van der Waals surface area contributed by atoms with Crippen LogP contribution in [-0.4, -0.2) is 46.3 Å². The third kappa shape index (κ3) is 12.0. The number of anilines is 2. The molecule has 0 bridgehead atoms. The van der Waals surface area contributed by atoms with Gasteiger partial charge in [-0.05, 0) is 113 Å². The van der Waals surface area contributed by atoms with Crippen molar-refractivity contribution in [1.29, 1.82) is 0 Å². The minimum Gasteiger partial charge on any atom is -0.447 e. The summed E-state index contributed by atoms with van der Waals surface area (Å²) in [5.74, 6) is 0. The molecule has 0 unspecified atom stereocenters. The van der Waals surface area contributed by atoms with Gasteiger partial charge in [0.1, 0.15) is 10.0 Å². The van der Waals surface area contributed by atoms with E-state index in [1.54, 1.807) is 42.1 Å². The molecule has 1 N–H and O–H groups in total. The van der Waals surface area contributed by atoms with Gasteiger partial charge in [-0.25, -0.2) is 19.6 Å². The van der Waals surface area contributed by atoms with E-state index in [0.717, 1.165) is 34.4 Å². The number of hydrogen-bond acceptors (Lipinski definition) is 8. The number of hydrogen-bond donors (Lipinski definition) is 1. The second-order valence-corrected chi connectivity index (χ2v) is 13.5. The molecule has 0 aliphatic carbocycles. The number of benzene rings is 2. The third-order valence-corrected chi connectivity index (χ3v) is 7.84. The molecule has 41 heavy (non-hydrogen) atoms. The highest BCUT2D eigenvalue weighted by Crippen LogP contribution is 2.30. The second-order valence-electron chi connectivity index (χ2n) is 8.63. The summed E-state index contributed by atoms with van der Waals surface area (Å²) < 4.78 is 12.1. The first-order valence-electron chi connectivity index (χ1n) is 12.2. The quantitative estimate of drug-likeness (QED) is 0.154. The number of carbonyl (C=O) groups excluding carboxylic acids is 2. The second kappa shape index (κ2) is 17.8. The molecule has 13 heteroatoms. The van der Waals surface area contributed by atoms with E-state index >= 15 is 0 Å². The average molecular weight is 838 g/mol. The minimum atomic E-state index is -0.445. The van der Waals surface area contributed by atoms with E-state index in [1.165, 1.54) is 4.90 Å². The van der Waals surface area contributed by atoms with Crippen LogP contribution in [0.4, 0.5) is 21.0 Å². The molecular formula is C28H31Br2IN4O4S2. The summed E-state index contributed by atoms with van der Waals surface area (Å²) in [7, 11) is 1.69. The van der Waals surface area contributed by atoms with Crippen LogP contribution in [0.3, 0.4) is 0 Å². The maximum absolute atomic E-state index is 11.8. The van der Waals surface area contributed by atoms with Crippen LogP contribution in [0, 0.1) is 0 Å². The van der Waals surface area contributed by atoms with Gasteiger partial charge in [-0.2, -0.15) is 0 Å². The van der Waals surface area contributed by atoms with Gasteiger partial charge in [0.2, 0.25) is 0 Å². The van der Waals surface area contributed by atoms with Crippen LogP contribution in [0.5, 0.6) is 0 Å². The van der Waals surface area contributed by atoms with Crippen molar-refractivity contribution in [3.05, 3.63) is 68.5 Å². The van der Waals surface area contributed by atoms with Crippen molar-refractivity contribution in [1.82, 2.24) is 9.97 Å². The maximum atomic E-state index is 11.8. The Labute approximate surface area is 279 Å². The van der Waals surface area contributed by atoms with Crippen LogP contribution in [-0.2, 0) is 9.47 Å². The van der Waals surface area contributed by atoms with Crippen molar-refractivity contribution in [3.8, 4) is 21.1 Å². The van der Waals surface area contributed by atoms with E-state index in [2.05, 4.69) is 69.7 Å². The highest BCUT2D eigenvalue weighted by atomic mass is 127. The summed E-state index contributed by atoms with van der Waals surface area (Å²) in [4.78, 5) is 35.3. The topological polar surface area (TPSA) is 93.6 Å². The number of aromatic nitrogens is 2. The summed E-state index contributed by atoms with van der Waals surface area (Å²) in [6.45, 7) is 7.27. The number of amides is 2. The first kappa shape index (κ1) is 35.1. The number of ether oxygens (including phenoxy) is 2. The first-order valence-corrected chi connectivity index (χ1v) is 17.6. The number of carbonyl (C=O) groups is 2. The lowest BCUT2D eigenvalue weighted by atomic mass is 10.2. The van der Waals surface area contributed by atoms with Crippen LogP contribution in [0.25, 0.3) is 21.1 Å². The van der Waals surface area contributed by atoms with Crippen LogP contribution in [0.15, 0.2) is 68.5 Å². The fourth-order valence-electron chi connectivity index (χ4n) is 3.05. The molecule has 220 valence electrons. The van der Waals surface area contributed by atoms with Crippen molar-refractivity contribution >= 4 is 101 Å². The molecule has 8 nitrogen and oxygen atoms in total. The minimum absolute atomic E-state index is 0.128. The largest absolute Gasteiger partial charge is 0.447 e. The number of thiazole rings is 2. The molecule has 2 heterocycles. The Hall–Kier alpha value is -2.07. The molecule has 2 amide bonds. The first-order chi connectivity index (χ1) is 19.5. The van der Waals surface area contributed by atoms with Crippen LogP contribution in [0.2, 0.25) is 0 Å². The molecule has 0 aliphatic heterocycles. The molecule has 0 fully saturated rings. The Morgan fingerprint density at radius 2 is 1.24 bits per heavy atom. The lowest BCUT2D eigenvalue weighted by Gasteiger charge is -2.18. The highest BCUT2D eigenvalue weighted by molar-refractivity contribution is 14.1. The van der Waals surface area contributed by atoms with E-state index in [-0.39, 0.29) is 18.3 Å². The summed E-state index contributed by atoms with van der Waals surface area (Å²) in [5.41, 5.74) is 3.52. The Bertz CT molecular complexity index is 1380. The Kier molecular flexibility index (Phi) is 15.2.